The molecule has 0 spiro atoms. The van der Waals surface area contributed by atoms with E-state index < -0.39 is 5.60 Å². The molecule has 1 aromatic heterocycles. The van der Waals surface area contributed by atoms with Crippen LogP contribution >= 0.6 is 27.3 Å². The molecule has 1 unspecified atom stereocenters. The SMILES string of the molecule is CCC(C)(OC)C(=O)NCc1sccc1Br. The van der Waals surface area contributed by atoms with Crippen LogP contribution in [0.3, 0.4) is 0 Å². The van der Waals surface area contributed by atoms with Crippen molar-refractivity contribution in [1.82, 2.24) is 5.32 Å². The zero-order chi connectivity index (χ0) is 12.2. The van der Waals surface area contributed by atoms with Gasteiger partial charge >= 0.3 is 0 Å². The summed E-state index contributed by atoms with van der Waals surface area (Å²) in [4.78, 5) is 13.0. The highest BCUT2D eigenvalue weighted by molar-refractivity contribution is 9.10. The molecule has 0 radical (unpaired) electrons. The fraction of sp³-hybridized carbons (Fsp3) is 0.545. The van der Waals surface area contributed by atoms with Gasteiger partial charge in [-0.05, 0) is 40.7 Å². The molecule has 5 heteroatoms. The van der Waals surface area contributed by atoms with Crippen molar-refractivity contribution in [2.24, 2.45) is 0 Å². The van der Waals surface area contributed by atoms with Crippen molar-refractivity contribution in [2.45, 2.75) is 32.4 Å². The van der Waals surface area contributed by atoms with E-state index in [4.69, 9.17) is 4.74 Å². The quantitative estimate of drug-likeness (QED) is 0.908. The molecule has 0 saturated carbocycles. The van der Waals surface area contributed by atoms with E-state index in [0.29, 0.717) is 13.0 Å². The zero-order valence-corrected chi connectivity index (χ0v) is 12.1. The zero-order valence-electron chi connectivity index (χ0n) is 9.67. The van der Waals surface area contributed by atoms with Crippen LogP contribution in [0.2, 0.25) is 0 Å². The van der Waals surface area contributed by atoms with Gasteiger partial charge in [0.2, 0.25) is 0 Å². The molecule has 0 aliphatic heterocycles. The molecule has 3 nitrogen and oxygen atoms in total. The number of carbonyl (C=O) groups excluding carboxylic acids is 1. The molecule has 0 aliphatic rings. The fourth-order valence-electron chi connectivity index (χ4n) is 1.20. The molecule has 90 valence electrons. The molecule has 16 heavy (non-hydrogen) atoms. The summed E-state index contributed by atoms with van der Waals surface area (Å²) in [7, 11) is 1.56. The number of methoxy groups -OCH3 is 1. The summed E-state index contributed by atoms with van der Waals surface area (Å²) < 4.78 is 6.26. The van der Waals surface area contributed by atoms with E-state index in [1.807, 2.05) is 18.4 Å². The molecular formula is C11H16BrNO2S. The van der Waals surface area contributed by atoms with E-state index in [9.17, 15) is 4.79 Å². The highest BCUT2D eigenvalue weighted by atomic mass is 79.9. The number of carbonyl (C=O) groups is 1. The summed E-state index contributed by atoms with van der Waals surface area (Å²) in [6, 6.07) is 1.97. The average molecular weight is 306 g/mol. The van der Waals surface area contributed by atoms with Crippen LogP contribution in [0.4, 0.5) is 0 Å². The van der Waals surface area contributed by atoms with Crippen LogP contribution in [-0.4, -0.2) is 18.6 Å². The maximum atomic E-state index is 11.9. The van der Waals surface area contributed by atoms with Gasteiger partial charge in [-0.3, -0.25) is 4.79 Å². The third-order valence-corrected chi connectivity index (χ3v) is 4.63. The Morgan fingerprint density at radius 2 is 2.38 bits per heavy atom. The largest absolute Gasteiger partial charge is 0.369 e. The Kier molecular flexibility index (Phi) is 4.95. The molecule has 0 aromatic carbocycles. The highest BCUT2D eigenvalue weighted by Crippen LogP contribution is 2.22. The first kappa shape index (κ1) is 13.7. The molecule has 1 rings (SSSR count). The lowest BCUT2D eigenvalue weighted by atomic mass is 10.0. The number of thiophene rings is 1. The van der Waals surface area contributed by atoms with Gasteiger partial charge in [0.05, 0.1) is 6.54 Å². The lowest BCUT2D eigenvalue weighted by molar-refractivity contribution is -0.141. The van der Waals surface area contributed by atoms with Crippen molar-refractivity contribution in [1.29, 1.82) is 0 Å². The van der Waals surface area contributed by atoms with Gasteiger partial charge in [0.15, 0.2) is 0 Å². The number of nitrogens with one attached hydrogen (secondary N) is 1. The summed E-state index contributed by atoms with van der Waals surface area (Å²) in [6.45, 7) is 4.27. The second kappa shape index (κ2) is 5.80. The summed E-state index contributed by atoms with van der Waals surface area (Å²) in [5.74, 6) is -0.0715. The Morgan fingerprint density at radius 3 is 2.81 bits per heavy atom. The van der Waals surface area contributed by atoms with Crippen LogP contribution in [-0.2, 0) is 16.1 Å². The fourth-order valence-corrected chi connectivity index (χ4v) is 2.63. The first-order valence-corrected chi connectivity index (χ1v) is 6.76. The minimum absolute atomic E-state index is 0.0715. The van der Waals surface area contributed by atoms with Crippen molar-refractivity contribution in [3.8, 4) is 0 Å². The number of ether oxygens (including phenoxy) is 1. The van der Waals surface area contributed by atoms with E-state index in [0.717, 1.165) is 9.35 Å². The van der Waals surface area contributed by atoms with Crippen LogP contribution in [0.25, 0.3) is 0 Å². The molecule has 1 amide bonds. The standard InChI is InChI=1S/C11H16BrNO2S/c1-4-11(2,15-3)10(14)13-7-9-8(12)5-6-16-9/h5-6H,4,7H2,1-3H3,(H,13,14). The van der Waals surface area contributed by atoms with Gasteiger partial charge in [-0.2, -0.15) is 0 Å². The van der Waals surface area contributed by atoms with Crippen molar-refractivity contribution < 1.29 is 9.53 Å². The minimum Gasteiger partial charge on any atom is -0.369 e. The Hall–Kier alpha value is -0.390. The molecule has 0 aliphatic carbocycles. The van der Waals surface area contributed by atoms with Crippen molar-refractivity contribution in [3.05, 3.63) is 20.8 Å². The lowest BCUT2D eigenvalue weighted by Gasteiger charge is -2.25. The number of amides is 1. The topological polar surface area (TPSA) is 38.3 Å². The second-order valence-corrected chi connectivity index (χ2v) is 5.52. The Bertz CT molecular complexity index is 361. The molecule has 1 atom stereocenters. The smallest absolute Gasteiger partial charge is 0.252 e. The Labute approximate surface area is 108 Å². The summed E-state index contributed by atoms with van der Waals surface area (Å²) in [5.41, 5.74) is -0.732. The van der Waals surface area contributed by atoms with E-state index in [2.05, 4.69) is 21.2 Å². The molecule has 1 N–H and O–H groups in total. The Balaban J connectivity index is 2.56. The van der Waals surface area contributed by atoms with Crippen LogP contribution in [0, 0.1) is 0 Å². The van der Waals surface area contributed by atoms with E-state index in [-0.39, 0.29) is 5.91 Å². The summed E-state index contributed by atoms with van der Waals surface area (Å²) in [6.07, 6.45) is 0.654. The Morgan fingerprint density at radius 1 is 1.69 bits per heavy atom. The number of rotatable bonds is 5. The number of hydrogen-bond acceptors (Lipinski definition) is 3. The van der Waals surface area contributed by atoms with E-state index in [1.54, 1.807) is 25.4 Å². The normalized spacial score (nSPS) is 14.5. The van der Waals surface area contributed by atoms with E-state index >= 15 is 0 Å². The first-order chi connectivity index (χ1) is 7.53. The maximum Gasteiger partial charge on any atom is 0.252 e. The lowest BCUT2D eigenvalue weighted by Crippen LogP contribution is -2.45. The van der Waals surface area contributed by atoms with Gasteiger partial charge in [-0.1, -0.05) is 6.92 Å². The minimum atomic E-state index is -0.732. The van der Waals surface area contributed by atoms with Crippen molar-refractivity contribution in [3.63, 3.8) is 0 Å². The number of hydrogen-bond donors (Lipinski definition) is 1. The van der Waals surface area contributed by atoms with Gasteiger partial charge in [0.25, 0.3) is 5.91 Å². The van der Waals surface area contributed by atoms with Crippen LogP contribution in [0.1, 0.15) is 25.1 Å². The van der Waals surface area contributed by atoms with Gasteiger partial charge in [0, 0.05) is 16.5 Å². The molecule has 0 saturated heterocycles. The molecule has 0 bridgehead atoms. The average Bonchev–Trinajstić information content (AvgIpc) is 2.70. The van der Waals surface area contributed by atoms with Crippen LogP contribution < -0.4 is 5.32 Å². The third-order valence-electron chi connectivity index (χ3n) is 2.71. The van der Waals surface area contributed by atoms with Crippen LogP contribution in [0.15, 0.2) is 15.9 Å². The monoisotopic (exact) mass is 305 g/mol. The van der Waals surface area contributed by atoms with Crippen molar-refractivity contribution in [2.75, 3.05) is 7.11 Å². The highest BCUT2D eigenvalue weighted by Gasteiger charge is 2.30. The van der Waals surface area contributed by atoms with Gasteiger partial charge in [-0.15, -0.1) is 11.3 Å². The van der Waals surface area contributed by atoms with Gasteiger partial charge < -0.3 is 10.1 Å². The van der Waals surface area contributed by atoms with Gasteiger partial charge in [0.1, 0.15) is 5.60 Å². The molecule has 1 heterocycles. The van der Waals surface area contributed by atoms with Crippen LogP contribution in [0.5, 0.6) is 0 Å². The third kappa shape index (κ3) is 3.06. The maximum absolute atomic E-state index is 11.9. The van der Waals surface area contributed by atoms with Gasteiger partial charge in [-0.25, -0.2) is 0 Å². The van der Waals surface area contributed by atoms with Crippen molar-refractivity contribution >= 4 is 33.2 Å². The van der Waals surface area contributed by atoms with E-state index in [1.165, 1.54) is 0 Å². The summed E-state index contributed by atoms with van der Waals surface area (Å²) >= 11 is 5.04. The number of halogens is 1. The predicted molar refractivity (Wildman–Crippen MR) is 69.6 cm³/mol. The second-order valence-electron chi connectivity index (χ2n) is 3.66. The first-order valence-electron chi connectivity index (χ1n) is 5.09. The summed E-state index contributed by atoms with van der Waals surface area (Å²) in [5, 5.41) is 4.87. The molecule has 1 aromatic rings. The molecular weight excluding hydrogens is 290 g/mol. The predicted octanol–water partition coefficient (Wildman–Crippen LogP) is 2.94. The molecule has 0 fully saturated rings.